The van der Waals surface area contributed by atoms with E-state index in [-0.39, 0.29) is 18.3 Å². The molecule has 98 valence electrons. The number of imidazole rings is 1. The Morgan fingerprint density at radius 3 is 3.00 bits per heavy atom. The molecule has 2 atom stereocenters. The number of rotatable bonds is 2. The summed E-state index contributed by atoms with van der Waals surface area (Å²) in [5, 5.41) is 10.0. The second kappa shape index (κ2) is 3.86. The first kappa shape index (κ1) is 11.8. The number of fused-ring (bicyclic) bond motifs is 1. The second-order valence-electron chi connectivity index (χ2n) is 4.50. The van der Waals surface area contributed by atoms with E-state index in [0.29, 0.717) is 11.2 Å². The summed E-state index contributed by atoms with van der Waals surface area (Å²) in [5.41, 5.74) is 5.04. The fourth-order valence-electron chi connectivity index (χ4n) is 2.26. The van der Waals surface area contributed by atoms with Gasteiger partial charge in [-0.1, -0.05) is 12.7 Å². The zero-order valence-corrected chi connectivity index (χ0v) is 9.99. The van der Waals surface area contributed by atoms with Crippen LogP contribution in [0.15, 0.2) is 37.2 Å². The molecule has 0 spiro atoms. The summed E-state index contributed by atoms with van der Waals surface area (Å²) in [5.74, 6) is -0.346. The number of nitrogens with two attached hydrogens (primary N) is 1. The van der Waals surface area contributed by atoms with Gasteiger partial charge >= 0.3 is 0 Å². The van der Waals surface area contributed by atoms with Crippen molar-refractivity contribution in [1.82, 2.24) is 19.5 Å². The van der Waals surface area contributed by atoms with Crippen LogP contribution in [0.1, 0.15) is 12.5 Å². The van der Waals surface area contributed by atoms with Crippen molar-refractivity contribution in [2.75, 3.05) is 5.73 Å². The monoisotopic (exact) mass is 261 g/mol. The number of aromatic nitrogens is 4. The largest absolute Gasteiger partial charge is 0.382 e. The van der Waals surface area contributed by atoms with Crippen molar-refractivity contribution in [3.8, 4) is 0 Å². The summed E-state index contributed by atoms with van der Waals surface area (Å²) in [6.07, 6.45) is 5.52. The highest BCUT2D eigenvalue weighted by Crippen LogP contribution is 2.39. The maximum Gasteiger partial charge on any atom is 0.165 e. The van der Waals surface area contributed by atoms with Crippen LogP contribution >= 0.6 is 0 Å². The Hall–Kier alpha value is -2.28. The molecule has 7 heteroatoms. The van der Waals surface area contributed by atoms with E-state index in [1.165, 1.54) is 24.8 Å². The Kier molecular flexibility index (Phi) is 2.39. The Balaban J connectivity index is 2.08. The predicted octanol–water partition coefficient (Wildman–Crippen LogP) is 1.12. The van der Waals surface area contributed by atoms with Crippen LogP contribution in [0, 0.1) is 0 Å². The molecule has 0 aliphatic heterocycles. The summed E-state index contributed by atoms with van der Waals surface area (Å²) >= 11 is 0. The average molecular weight is 261 g/mol. The van der Waals surface area contributed by atoms with Crippen LogP contribution in [-0.2, 0) is 0 Å². The lowest BCUT2D eigenvalue weighted by Crippen LogP contribution is -2.24. The standard InChI is InChI=1S/C12H12FN5O/c1-2-12(19)4-7(3-8(12)13)18-6-17-9-10(14)15-5-16-11(9)18/h2-3,5-7,19H,1,4H2,(H2,14,15,16)/t7-,12-/m0/s1. The van der Waals surface area contributed by atoms with Crippen LogP contribution in [0.4, 0.5) is 10.2 Å². The van der Waals surface area contributed by atoms with Gasteiger partial charge in [0.05, 0.1) is 12.4 Å². The number of hydrogen-bond donors (Lipinski definition) is 2. The molecule has 6 nitrogen and oxygen atoms in total. The first-order valence-electron chi connectivity index (χ1n) is 5.72. The van der Waals surface area contributed by atoms with Gasteiger partial charge in [-0.05, 0) is 6.08 Å². The highest BCUT2D eigenvalue weighted by Gasteiger charge is 2.39. The SMILES string of the molecule is C=C[C@]1(O)C[C@@H](n2cnc3c(N)ncnc32)C=C1F. The lowest BCUT2D eigenvalue weighted by molar-refractivity contribution is 0.100. The summed E-state index contributed by atoms with van der Waals surface area (Å²) < 4.78 is 15.4. The van der Waals surface area contributed by atoms with Gasteiger partial charge in [0.25, 0.3) is 0 Å². The van der Waals surface area contributed by atoms with Gasteiger partial charge in [-0.25, -0.2) is 19.3 Å². The summed E-state index contributed by atoms with van der Waals surface area (Å²) in [6, 6.07) is -0.387. The van der Waals surface area contributed by atoms with E-state index in [9.17, 15) is 9.50 Å². The van der Waals surface area contributed by atoms with Crippen LogP contribution in [-0.4, -0.2) is 30.2 Å². The van der Waals surface area contributed by atoms with Gasteiger partial charge in [0, 0.05) is 6.42 Å². The van der Waals surface area contributed by atoms with E-state index in [1.807, 2.05) is 0 Å². The van der Waals surface area contributed by atoms with Gasteiger partial charge in [-0.3, -0.25) is 0 Å². The van der Waals surface area contributed by atoms with Crippen LogP contribution in [0.3, 0.4) is 0 Å². The fourth-order valence-corrected chi connectivity index (χ4v) is 2.26. The fraction of sp³-hybridized carbons (Fsp3) is 0.250. The normalized spacial score (nSPS) is 26.6. The average Bonchev–Trinajstić information content (AvgIpc) is 2.94. The van der Waals surface area contributed by atoms with Crippen molar-refractivity contribution >= 4 is 17.0 Å². The van der Waals surface area contributed by atoms with Crippen molar-refractivity contribution in [3.63, 3.8) is 0 Å². The zero-order valence-electron chi connectivity index (χ0n) is 9.99. The first-order valence-corrected chi connectivity index (χ1v) is 5.72. The van der Waals surface area contributed by atoms with Crippen molar-refractivity contribution in [2.24, 2.45) is 0 Å². The summed E-state index contributed by atoms with van der Waals surface area (Å²) in [4.78, 5) is 12.1. The topological polar surface area (TPSA) is 89.8 Å². The Bertz CT molecular complexity index is 694. The quantitative estimate of drug-likeness (QED) is 0.791. The van der Waals surface area contributed by atoms with Crippen molar-refractivity contribution < 1.29 is 9.50 Å². The lowest BCUT2D eigenvalue weighted by Gasteiger charge is -2.19. The van der Waals surface area contributed by atoms with E-state index in [1.54, 1.807) is 4.57 Å². The molecule has 0 saturated carbocycles. The predicted molar refractivity (Wildman–Crippen MR) is 67.7 cm³/mol. The molecule has 0 amide bonds. The van der Waals surface area contributed by atoms with Crippen molar-refractivity contribution in [2.45, 2.75) is 18.1 Å². The van der Waals surface area contributed by atoms with E-state index < -0.39 is 11.4 Å². The molecule has 0 fully saturated rings. The molecular weight excluding hydrogens is 249 g/mol. The molecule has 0 bridgehead atoms. The van der Waals surface area contributed by atoms with Gasteiger partial charge in [0.15, 0.2) is 11.5 Å². The van der Waals surface area contributed by atoms with Gasteiger partial charge in [0.2, 0.25) is 0 Å². The van der Waals surface area contributed by atoms with Crippen LogP contribution in [0.2, 0.25) is 0 Å². The van der Waals surface area contributed by atoms with E-state index in [2.05, 4.69) is 21.5 Å². The van der Waals surface area contributed by atoms with E-state index in [0.717, 1.165) is 0 Å². The number of allylic oxidation sites excluding steroid dienone is 1. The maximum absolute atomic E-state index is 13.7. The van der Waals surface area contributed by atoms with Gasteiger partial charge in [-0.2, -0.15) is 0 Å². The molecule has 3 N–H and O–H groups in total. The molecule has 3 rings (SSSR count). The smallest absolute Gasteiger partial charge is 0.165 e. The number of nitrogens with zero attached hydrogens (tertiary/aromatic N) is 4. The number of nitrogen functional groups attached to an aromatic ring is 1. The highest BCUT2D eigenvalue weighted by atomic mass is 19.1. The van der Waals surface area contributed by atoms with Gasteiger partial charge in [0.1, 0.15) is 23.3 Å². The van der Waals surface area contributed by atoms with Crippen molar-refractivity contribution in [1.29, 1.82) is 0 Å². The second-order valence-corrected chi connectivity index (χ2v) is 4.50. The molecular formula is C12H12FN5O. The Morgan fingerprint density at radius 1 is 1.53 bits per heavy atom. The molecule has 19 heavy (non-hydrogen) atoms. The molecule has 1 aliphatic carbocycles. The van der Waals surface area contributed by atoms with Crippen molar-refractivity contribution in [3.05, 3.63) is 37.2 Å². The molecule has 2 aromatic rings. The molecule has 0 radical (unpaired) electrons. The zero-order chi connectivity index (χ0) is 13.6. The molecule has 0 aromatic carbocycles. The maximum atomic E-state index is 13.7. The minimum Gasteiger partial charge on any atom is -0.382 e. The highest BCUT2D eigenvalue weighted by molar-refractivity contribution is 5.81. The third-order valence-corrected chi connectivity index (χ3v) is 3.35. The number of halogens is 1. The molecule has 0 saturated heterocycles. The van der Waals surface area contributed by atoms with Gasteiger partial charge < -0.3 is 15.4 Å². The molecule has 2 heterocycles. The van der Waals surface area contributed by atoms with Crippen LogP contribution in [0.5, 0.6) is 0 Å². The molecule has 2 aromatic heterocycles. The number of anilines is 1. The Labute approximate surface area is 108 Å². The minimum absolute atomic E-state index is 0.150. The van der Waals surface area contributed by atoms with E-state index in [4.69, 9.17) is 5.73 Å². The minimum atomic E-state index is -1.63. The molecule has 0 unspecified atom stereocenters. The van der Waals surface area contributed by atoms with Gasteiger partial charge in [-0.15, -0.1) is 0 Å². The lowest BCUT2D eigenvalue weighted by atomic mass is 10.0. The first-order chi connectivity index (χ1) is 9.05. The van der Waals surface area contributed by atoms with E-state index >= 15 is 0 Å². The van der Waals surface area contributed by atoms with Crippen LogP contribution in [0.25, 0.3) is 11.2 Å². The summed E-state index contributed by atoms with van der Waals surface area (Å²) in [7, 11) is 0. The number of hydrogen-bond acceptors (Lipinski definition) is 5. The third kappa shape index (κ3) is 1.62. The van der Waals surface area contributed by atoms with Crippen LogP contribution < -0.4 is 5.73 Å². The molecule has 1 aliphatic rings. The third-order valence-electron chi connectivity index (χ3n) is 3.35. The number of aliphatic hydroxyl groups is 1. The summed E-state index contributed by atoms with van der Waals surface area (Å²) in [6.45, 7) is 3.46. The Morgan fingerprint density at radius 2 is 2.32 bits per heavy atom.